The molecule has 5 heteroatoms. The van der Waals surface area contributed by atoms with Gasteiger partial charge in [-0.15, -0.1) is 5.76 Å². The van der Waals surface area contributed by atoms with E-state index in [4.69, 9.17) is 9.47 Å². The van der Waals surface area contributed by atoms with E-state index >= 15 is 0 Å². The summed E-state index contributed by atoms with van der Waals surface area (Å²) in [6.45, 7) is 1.99. The second-order valence-electron chi connectivity index (χ2n) is 4.55. The maximum Gasteiger partial charge on any atom is 2.00 e. The van der Waals surface area contributed by atoms with Crippen LogP contribution in [0.5, 0.6) is 0 Å². The van der Waals surface area contributed by atoms with Crippen molar-refractivity contribution in [3.05, 3.63) is 64.6 Å². The van der Waals surface area contributed by atoms with Gasteiger partial charge < -0.3 is 14.6 Å². The molecular weight excluding hydrogens is 336 g/mol. The summed E-state index contributed by atoms with van der Waals surface area (Å²) in [5.74, 6) is 0.143. The van der Waals surface area contributed by atoms with Gasteiger partial charge in [-0.25, -0.2) is 12.1 Å². The molecule has 0 saturated carbocycles. The number of methoxy groups -OCH3 is 2. The Labute approximate surface area is 147 Å². The average Bonchev–Trinajstić information content (AvgIpc) is 3.13. The molecule has 119 valence electrons. The van der Waals surface area contributed by atoms with Crippen LogP contribution < -0.4 is 5.11 Å². The Bertz CT molecular complexity index is 483. The fourth-order valence-electron chi connectivity index (χ4n) is 1.95. The van der Waals surface area contributed by atoms with Crippen molar-refractivity contribution in [1.29, 1.82) is 0 Å². The number of hydrogen-bond acceptors (Lipinski definition) is 3. The molecule has 2 rings (SSSR count). The Morgan fingerprint density at radius 1 is 1.23 bits per heavy atom. The summed E-state index contributed by atoms with van der Waals surface area (Å²) in [5, 5.41) is 12.6. The van der Waals surface area contributed by atoms with Crippen LogP contribution in [-0.2, 0) is 26.5 Å². The van der Waals surface area contributed by atoms with Crippen molar-refractivity contribution in [2.45, 2.75) is 26.1 Å². The maximum absolute atomic E-state index is 11.8. The number of allylic oxidation sites excluding steroid dienone is 4. The summed E-state index contributed by atoms with van der Waals surface area (Å²) in [7, 11) is 6.58. The second kappa shape index (κ2) is 11.6. The van der Waals surface area contributed by atoms with Crippen molar-refractivity contribution in [3.63, 3.8) is 0 Å². The second-order valence-corrected chi connectivity index (χ2v) is 5.09. The van der Waals surface area contributed by atoms with Gasteiger partial charge in [-0.1, -0.05) is 24.6 Å². The summed E-state index contributed by atoms with van der Waals surface area (Å²) >= 11 is 0. The molecule has 22 heavy (non-hydrogen) atoms. The molecule has 0 heterocycles. The zero-order chi connectivity index (χ0) is 15.7. The smallest absolute Gasteiger partial charge is 0.875 e. The molecule has 0 bridgehead atoms. The minimum absolute atomic E-state index is 0. The van der Waals surface area contributed by atoms with Crippen LogP contribution in [0.2, 0.25) is 0 Å². The first-order valence-corrected chi connectivity index (χ1v) is 7.41. The third-order valence-electron chi connectivity index (χ3n) is 2.95. The molecule has 1 aromatic carbocycles. The van der Waals surface area contributed by atoms with Gasteiger partial charge >= 0.3 is 17.1 Å². The monoisotopic (exact) mass is 357 g/mol. The first-order valence-electron chi connectivity index (χ1n) is 6.91. The van der Waals surface area contributed by atoms with Gasteiger partial charge in [0.15, 0.2) is 6.29 Å². The quantitative estimate of drug-likeness (QED) is 0.352. The van der Waals surface area contributed by atoms with Crippen LogP contribution in [0.25, 0.3) is 0 Å². The summed E-state index contributed by atoms with van der Waals surface area (Å²) in [6.07, 6.45) is 4.67. The Morgan fingerprint density at radius 3 is 2.23 bits per heavy atom. The third kappa shape index (κ3) is 6.42. The summed E-state index contributed by atoms with van der Waals surface area (Å²) in [6, 6.07) is 10.0. The standard InChI is InChI=1S/C12H17O3Si.C5H5.Fe/c1-4-5-10(13)9-6-8(7-11(9)16)12(14-2)15-3;1-2-4-5-3-1;/h6-7,12-13H,4-5H2,1-3H3;1-5H;/q;-1;+2/p-1. The van der Waals surface area contributed by atoms with Gasteiger partial charge in [0.25, 0.3) is 0 Å². The molecule has 0 fully saturated rings. The van der Waals surface area contributed by atoms with E-state index in [1.807, 2.05) is 49.4 Å². The molecule has 0 aromatic heterocycles. The molecule has 0 saturated heterocycles. The van der Waals surface area contributed by atoms with Gasteiger partial charge in [0.05, 0.1) is 10.2 Å². The van der Waals surface area contributed by atoms with Gasteiger partial charge in [-0.3, -0.25) is 0 Å². The van der Waals surface area contributed by atoms with E-state index in [1.54, 1.807) is 14.2 Å². The summed E-state index contributed by atoms with van der Waals surface area (Å²) in [4.78, 5) is 0. The van der Waals surface area contributed by atoms with Crippen LogP contribution >= 0.6 is 0 Å². The number of hydrogen-bond donors (Lipinski definition) is 0. The van der Waals surface area contributed by atoms with E-state index in [9.17, 15) is 5.11 Å². The van der Waals surface area contributed by atoms with Crippen molar-refractivity contribution < 1.29 is 31.6 Å². The Balaban J connectivity index is 0.000000622. The molecule has 1 aliphatic carbocycles. The van der Waals surface area contributed by atoms with Gasteiger partial charge in [0, 0.05) is 19.8 Å². The van der Waals surface area contributed by atoms with Crippen LogP contribution in [0.1, 0.15) is 19.8 Å². The van der Waals surface area contributed by atoms with Gasteiger partial charge in [0.1, 0.15) is 0 Å². The fourth-order valence-corrected chi connectivity index (χ4v) is 2.33. The van der Waals surface area contributed by atoms with E-state index in [2.05, 4.69) is 10.2 Å². The first kappa shape index (κ1) is 21.0. The van der Waals surface area contributed by atoms with Crippen LogP contribution in [0, 0.1) is 0 Å². The molecule has 0 atom stereocenters. The fraction of sp³-hybridized carbons (Fsp3) is 0.353. The van der Waals surface area contributed by atoms with Crippen molar-refractivity contribution >= 4 is 10.2 Å². The minimum Gasteiger partial charge on any atom is -0.875 e. The molecule has 0 amide bonds. The predicted octanol–water partition coefficient (Wildman–Crippen LogP) is 2.42. The van der Waals surface area contributed by atoms with Crippen LogP contribution in [0.3, 0.4) is 0 Å². The average molecular weight is 357 g/mol. The molecule has 1 aliphatic rings. The van der Waals surface area contributed by atoms with E-state index in [-0.39, 0.29) is 22.8 Å². The van der Waals surface area contributed by atoms with Crippen LogP contribution in [0.4, 0.5) is 0 Å². The van der Waals surface area contributed by atoms with E-state index in [0.29, 0.717) is 12.0 Å². The molecule has 0 spiro atoms. The molecule has 0 N–H and O–H groups in total. The Morgan fingerprint density at radius 2 is 1.82 bits per heavy atom. The normalized spacial score (nSPS) is 15.5. The largest absolute Gasteiger partial charge is 2.00 e. The summed E-state index contributed by atoms with van der Waals surface area (Å²) < 4.78 is 10.3. The SMILES string of the molecule is CCCC([O-])=C1C=C(C(OC)OC)C=C1[Si].[Fe+2].c1cc[cH-]c1. The van der Waals surface area contributed by atoms with Gasteiger partial charge in [-0.05, 0) is 18.1 Å². The topological polar surface area (TPSA) is 41.5 Å². The number of ether oxygens (including phenoxy) is 2. The summed E-state index contributed by atoms with van der Waals surface area (Å²) in [5.41, 5.74) is 1.56. The maximum atomic E-state index is 11.8. The molecule has 3 radical (unpaired) electrons. The molecule has 0 unspecified atom stereocenters. The Hall–Kier alpha value is -0.974. The van der Waals surface area contributed by atoms with Crippen LogP contribution in [0.15, 0.2) is 64.6 Å². The van der Waals surface area contributed by atoms with Crippen LogP contribution in [-0.4, -0.2) is 30.8 Å². The first-order chi connectivity index (χ1) is 10.1. The Kier molecular flexibility index (Phi) is 11.1. The van der Waals surface area contributed by atoms with E-state index < -0.39 is 6.29 Å². The minimum atomic E-state index is -0.418. The third-order valence-corrected chi connectivity index (χ3v) is 3.36. The molecule has 1 aromatic rings. The van der Waals surface area contributed by atoms with Gasteiger partial charge in [0.2, 0.25) is 0 Å². The molecular formula is C17H21FeO3Si. The van der Waals surface area contributed by atoms with Gasteiger partial charge in [-0.2, -0.15) is 18.2 Å². The predicted molar refractivity (Wildman–Crippen MR) is 83.7 cm³/mol. The van der Waals surface area contributed by atoms with Crippen molar-refractivity contribution in [3.8, 4) is 0 Å². The van der Waals surface area contributed by atoms with Crippen molar-refractivity contribution in [2.24, 2.45) is 0 Å². The zero-order valence-electron chi connectivity index (χ0n) is 13.1. The van der Waals surface area contributed by atoms with E-state index in [1.165, 1.54) is 0 Å². The zero-order valence-corrected chi connectivity index (χ0v) is 15.2. The number of rotatable bonds is 5. The van der Waals surface area contributed by atoms with E-state index in [0.717, 1.165) is 17.2 Å². The van der Waals surface area contributed by atoms with Crippen molar-refractivity contribution in [1.82, 2.24) is 0 Å². The van der Waals surface area contributed by atoms with Crippen molar-refractivity contribution in [2.75, 3.05) is 14.2 Å². The molecule has 0 aliphatic heterocycles. The molecule has 3 nitrogen and oxygen atoms in total.